The highest BCUT2D eigenvalue weighted by Gasteiger charge is 2.13. The highest BCUT2D eigenvalue weighted by Crippen LogP contribution is 1.98. The normalized spacial score (nSPS) is 11.3. The quantitative estimate of drug-likeness (QED) is 0.154. The number of amides is 1. The molecule has 0 saturated heterocycles. The van der Waals surface area contributed by atoms with Gasteiger partial charge in [0.25, 0.3) is 0 Å². The zero-order valence-corrected chi connectivity index (χ0v) is 22.1. The molecule has 9 heteroatoms. The van der Waals surface area contributed by atoms with Crippen LogP contribution >= 0.6 is 0 Å². The van der Waals surface area contributed by atoms with E-state index in [0.29, 0.717) is 98.8 Å². The summed E-state index contributed by atoms with van der Waals surface area (Å²) in [5.74, 6) is 0.0468. The van der Waals surface area contributed by atoms with Gasteiger partial charge < -0.3 is 38.1 Å². The molecule has 0 aromatic carbocycles. The second kappa shape index (κ2) is 28.4. The van der Waals surface area contributed by atoms with Gasteiger partial charge in [-0.1, -0.05) is 26.7 Å². The van der Waals surface area contributed by atoms with E-state index < -0.39 is 0 Å². The van der Waals surface area contributed by atoms with Gasteiger partial charge in [-0.15, -0.1) is 0 Å². The Morgan fingerprint density at radius 3 is 1.35 bits per heavy atom. The van der Waals surface area contributed by atoms with Gasteiger partial charge in [0.15, 0.2) is 0 Å². The average Bonchev–Trinajstić information content (AvgIpc) is 2.84. The van der Waals surface area contributed by atoms with E-state index in [1.54, 1.807) is 4.90 Å². The molecule has 0 bridgehead atoms. The molecule has 0 spiro atoms. The predicted molar refractivity (Wildman–Crippen MR) is 132 cm³/mol. The third-order valence-corrected chi connectivity index (χ3v) is 4.80. The Morgan fingerprint density at radius 2 is 0.882 bits per heavy atom. The fourth-order valence-corrected chi connectivity index (χ4v) is 2.75. The van der Waals surface area contributed by atoms with Crippen molar-refractivity contribution in [2.45, 2.75) is 52.9 Å². The molecule has 0 saturated carbocycles. The average molecular weight is 494 g/mol. The molecule has 0 radical (unpaired) electrons. The Morgan fingerprint density at radius 1 is 0.500 bits per heavy atom. The van der Waals surface area contributed by atoms with Gasteiger partial charge in [0.2, 0.25) is 5.91 Å². The third-order valence-electron chi connectivity index (χ3n) is 4.80. The van der Waals surface area contributed by atoms with Crippen molar-refractivity contribution in [3.63, 3.8) is 0 Å². The summed E-state index contributed by atoms with van der Waals surface area (Å²) in [5.41, 5.74) is 0. The van der Waals surface area contributed by atoms with Crippen molar-refractivity contribution in [2.75, 3.05) is 106 Å². The summed E-state index contributed by atoms with van der Waals surface area (Å²) in [7, 11) is 0. The fraction of sp³-hybridized carbons (Fsp3) is 0.960. The summed E-state index contributed by atoms with van der Waals surface area (Å²) in [6.07, 6.45) is 4.65. The number of hydrogen-bond acceptors (Lipinski definition) is 8. The second-order valence-electron chi connectivity index (χ2n) is 7.71. The van der Waals surface area contributed by atoms with Crippen molar-refractivity contribution in [1.82, 2.24) is 4.90 Å². The van der Waals surface area contributed by atoms with Crippen LogP contribution in [0, 0.1) is 0 Å². The molecule has 0 aliphatic heterocycles. The Kier molecular flexibility index (Phi) is 27.8. The lowest BCUT2D eigenvalue weighted by Crippen LogP contribution is -2.37. The first-order chi connectivity index (χ1) is 16.8. The minimum atomic E-state index is 0.0468. The van der Waals surface area contributed by atoms with Crippen LogP contribution in [-0.4, -0.2) is 116 Å². The zero-order chi connectivity index (χ0) is 25.0. The highest BCUT2D eigenvalue weighted by atomic mass is 16.6. The van der Waals surface area contributed by atoms with Crippen molar-refractivity contribution in [3.8, 4) is 0 Å². The Bertz CT molecular complexity index is 414. The molecule has 34 heavy (non-hydrogen) atoms. The predicted octanol–water partition coefficient (Wildman–Crippen LogP) is 2.94. The summed E-state index contributed by atoms with van der Waals surface area (Å²) in [6, 6.07) is 0. The van der Waals surface area contributed by atoms with Crippen LogP contribution in [0.15, 0.2) is 0 Å². The first-order valence-electron chi connectivity index (χ1n) is 13.1. The lowest BCUT2D eigenvalue weighted by Gasteiger charge is -2.23. The van der Waals surface area contributed by atoms with Gasteiger partial charge in [-0.05, 0) is 19.8 Å². The highest BCUT2D eigenvalue weighted by molar-refractivity contribution is 5.76. The molecule has 0 aromatic heterocycles. The molecule has 0 aromatic rings. The van der Waals surface area contributed by atoms with Crippen molar-refractivity contribution in [3.05, 3.63) is 0 Å². The first kappa shape index (κ1) is 33.2. The Labute approximate surface area is 207 Å². The maximum absolute atomic E-state index is 12.6. The van der Waals surface area contributed by atoms with Crippen molar-refractivity contribution >= 4 is 5.91 Å². The minimum Gasteiger partial charge on any atom is -0.380 e. The van der Waals surface area contributed by atoms with E-state index in [0.717, 1.165) is 38.9 Å². The Balaban J connectivity index is 3.89. The van der Waals surface area contributed by atoms with Crippen molar-refractivity contribution in [2.24, 2.45) is 0 Å². The SMILES string of the molecule is CCCCOCCOCCN(CCOCCCC)C(=O)CCOCCOCCOCCOCC. The van der Waals surface area contributed by atoms with E-state index in [-0.39, 0.29) is 5.91 Å². The number of carbonyl (C=O) groups excluding carboxylic acids is 1. The number of nitrogens with zero attached hydrogens (tertiary/aromatic N) is 1. The number of hydrogen-bond donors (Lipinski definition) is 0. The standard InChI is InChI=1S/C25H51NO8/c1-4-7-12-29-15-10-26(11-16-32-21-19-30-13-8-5-2)25(27)9-14-31-20-22-34-24-23-33-18-17-28-6-3/h4-24H2,1-3H3. The number of rotatable bonds is 28. The van der Waals surface area contributed by atoms with E-state index in [4.69, 9.17) is 33.2 Å². The van der Waals surface area contributed by atoms with Crippen LogP contribution in [0.2, 0.25) is 0 Å². The summed E-state index contributed by atoms with van der Waals surface area (Å²) >= 11 is 0. The van der Waals surface area contributed by atoms with Crippen LogP contribution in [0.1, 0.15) is 52.9 Å². The lowest BCUT2D eigenvalue weighted by atomic mass is 10.3. The maximum atomic E-state index is 12.6. The van der Waals surface area contributed by atoms with Crippen molar-refractivity contribution < 1.29 is 38.0 Å². The van der Waals surface area contributed by atoms with Crippen LogP contribution in [0.4, 0.5) is 0 Å². The first-order valence-corrected chi connectivity index (χ1v) is 13.1. The van der Waals surface area contributed by atoms with E-state index in [1.807, 2.05) is 6.92 Å². The second-order valence-corrected chi connectivity index (χ2v) is 7.71. The molecular weight excluding hydrogens is 442 g/mol. The van der Waals surface area contributed by atoms with Gasteiger partial charge in [0.1, 0.15) is 0 Å². The minimum absolute atomic E-state index is 0.0468. The molecule has 1 amide bonds. The number of ether oxygens (including phenoxy) is 7. The zero-order valence-electron chi connectivity index (χ0n) is 22.1. The maximum Gasteiger partial charge on any atom is 0.225 e. The molecule has 0 atom stereocenters. The van der Waals surface area contributed by atoms with Gasteiger partial charge in [-0.3, -0.25) is 4.79 Å². The van der Waals surface area contributed by atoms with E-state index >= 15 is 0 Å². The molecule has 0 N–H and O–H groups in total. The van der Waals surface area contributed by atoms with E-state index in [2.05, 4.69) is 13.8 Å². The van der Waals surface area contributed by atoms with Crippen LogP contribution in [0.25, 0.3) is 0 Å². The molecule has 0 rings (SSSR count). The van der Waals surface area contributed by atoms with Gasteiger partial charge in [-0.25, -0.2) is 0 Å². The van der Waals surface area contributed by atoms with Crippen LogP contribution in [0.5, 0.6) is 0 Å². The summed E-state index contributed by atoms with van der Waals surface area (Å²) < 4.78 is 38.3. The van der Waals surface area contributed by atoms with Crippen molar-refractivity contribution in [1.29, 1.82) is 0 Å². The van der Waals surface area contributed by atoms with E-state index in [1.165, 1.54) is 0 Å². The molecular formula is C25H51NO8. The summed E-state index contributed by atoms with van der Waals surface area (Å²) in [6.45, 7) is 15.2. The number of carbonyl (C=O) groups is 1. The van der Waals surface area contributed by atoms with E-state index in [9.17, 15) is 4.79 Å². The molecule has 0 fully saturated rings. The lowest BCUT2D eigenvalue weighted by molar-refractivity contribution is -0.134. The smallest absolute Gasteiger partial charge is 0.225 e. The van der Waals surface area contributed by atoms with Gasteiger partial charge >= 0.3 is 0 Å². The van der Waals surface area contributed by atoms with Gasteiger partial charge in [0, 0.05) is 32.9 Å². The monoisotopic (exact) mass is 493 g/mol. The molecule has 9 nitrogen and oxygen atoms in total. The topological polar surface area (TPSA) is 84.9 Å². The largest absolute Gasteiger partial charge is 0.380 e. The fourth-order valence-electron chi connectivity index (χ4n) is 2.75. The molecule has 204 valence electrons. The van der Waals surface area contributed by atoms with Crippen LogP contribution < -0.4 is 0 Å². The number of unbranched alkanes of at least 4 members (excludes halogenated alkanes) is 2. The summed E-state index contributed by atoms with van der Waals surface area (Å²) in [5, 5.41) is 0. The molecule has 0 heterocycles. The third kappa shape index (κ3) is 24.3. The Hall–Kier alpha value is -0.810. The summed E-state index contributed by atoms with van der Waals surface area (Å²) in [4.78, 5) is 14.4. The van der Waals surface area contributed by atoms with Crippen LogP contribution in [-0.2, 0) is 38.0 Å². The molecule has 0 aliphatic rings. The van der Waals surface area contributed by atoms with Gasteiger partial charge in [-0.2, -0.15) is 0 Å². The van der Waals surface area contributed by atoms with Crippen LogP contribution in [0.3, 0.4) is 0 Å². The molecule has 0 unspecified atom stereocenters. The molecule has 0 aliphatic carbocycles. The van der Waals surface area contributed by atoms with Gasteiger partial charge in [0.05, 0.1) is 79.1 Å².